The van der Waals surface area contributed by atoms with Gasteiger partial charge in [0.05, 0.1) is 6.61 Å². The van der Waals surface area contributed by atoms with E-state index in [1.54, 1.807) is 0 Å². The smallest absolute Gasteiger partial charge is 0.222 e. The largest absolute Gasteiger partial charge is 0.381 e. The number of rotatable bonds is 8. The number of nitrogens with one attached hydrogen (secondary N) is 1. The molecule has 1 unspecified atom stereocenters. The third-order valence-corrected chi connectivity index (χ3v) is 4.59. The fourth-order valence-corrected chi connectivity index (χ4v) is 3.09. The van der Waals surface area contributed by atoms with Gasteiger partial charge >= 0.3 is 0 Å². The molecule has 0 aromatic heterocycles. The Hall–Kier alpha value is -1.39. The molecule has 23 heavy (non-hydrogen) atoms. The third-order valence-electron chi connectivity index (χ3n) is 4.59. The van der Waals surface area contributed by atoms with Crippen LogP contribution in [0.4, 0.5) is 0 Å². The molecule has 0 radical (unpaired) electrons. The van der Waals surface area contributed by atoms with E-state index in [-0.39, 0.29) is 5.91 Å². The Morgan fingerprint density at radius 3 is 2.83 bits per heavy atom. The van der Waals surface area contributed by atoms with Crippen molar-refractivity contribution in [3.8, 4) is 0 Å². The molecule has 4 heteroatoms. The van der Waals surface area contributed by atoms with Gasteiger partial charge in [-0.05, 0) is 44.4 Å². The van der Waals surface area contributed by atoms with Gasteiger partial charge in [0.2, 0.25) is 5.91 Å². The second-order valence-corrected chi connectivity index (χ2v) is 6.31. The van der Waals surface area contributed by atoms with Crippen molar-refractivity contribution in [2.75, 3.05) is 19.8 Å². The van der Waals surface area contributed by atoms with Gasteiger partial charge in [0.15, 0.2) is 0 Å². The summed E-state index contributed by atoms with van der Waals surface area (Å²) < 4.78 is 5.22. The van der Waals surface area contributed by atoms with Gasteiger partial charge in [0, 0.05) is 32.2 Å². The van der Waals surface area contributed by atoms with Crippen molar-refractivity contribution in [2.24, 2.45) is 0 Å². The fourth-order valence-electron chi connectivity index (χ4n) is 3.09. The number of piperidine rings is 1. The van der Waals surface area contributed by atoms with Crippen molar-refractivity contribution < 1.29 is 9.53 Å². The van der Waals surface area contributed by atoms with Crippen LogP contribution in [0, 0.1) is 0 Å². The molecule has 0 bridgehead atoms. The van der Waals surface area contributed by atoms with Crippen molar-refractivity contribution in [1.82, 2.24) is 10.2 Å². The molecule has 1 atom stereocenters. The first-order valence-corrected chi connectivity index (χ1v) is 8.86. The quantitative estimate of drug-likeness (QED) is 0.749. The minimum Gasteiger partial charge on any atom is -0.381 e. The van der Waals surface area contributed by atoms with Crippen LogP contribution in [0.15, 0.2) is 24.3 Å². The first-order valence-electron chi connectivity index (χ1n) is 8.86. The Labute approximate surface area is 140 Å². The molecule has 4 nitrogen and oxygen atoms in total. The molecular formula is C19H30N2O2. The minimum absolute atomic E-state index is 0.0552. The number of ether oxygens (including phenoxy) is 1. The highest BCUT2D eigenvalue weighted by Gasteiger charge is 2.19. The molecule has 1 aliphatic rings. The van der Waals surface area contributed by atoms with E-state index in [4.69, 9.17) is 4.74 Å². The normalized spacial score (nSPS) is 18.8. The van der Waals surface area contributed by atoms with Crippen LogP contribution in [0.25, 0.3) is 0 Å². The van der Waals surface area contributed by atoms with Gasteiger partial charge < -0.3 is 10.1 Å². The van der Waals surface area contributed by atoms with Gasteiger partial charge in [-0.3, -0.25) is 9.69 Å². The summed E-state index contributed by atoms with van der Waals surface area (Å²) in [6, 6.07) is 9.09. The summed E-state index contributed by atoms with van der Waals surface area (Å²) in [6.07, 6.45) is 4.35. The van der Waals surface area contributed by atoms with Crippen LogP contribution in [0.3, 0.4) is 0 Å². The summed E-state index contributed by atoms with van der Waals surface area (Å²) in [7, 11) is 0. The van der Waals surface area contributed by atoms with Gasteiger partial charge in [-0.2, -0.15) is 0 Å². The third kappa shape index (κ3) is 5.96. The molecule has 1 heterocycles. The zero-order chi connectivity index (χ0) is 16.5. The van der Waals surface area contributed by atoms with Crippen molar-refractivity contribution in [3.05, 3.63) is 35.4 Å². The number of benzene rings is 1. The van der Waals surface area contributed by atoms with E-state index < -0.39 is 0 Å². The maximum atomic E-state index is 11.8. The second-order valence-electron chi connectivity index (χ2n) is 6.31. The second kappa shape index (κ2) is 9.68. The number of nitrogens with zero attached hydrogens (tertiary/aromatic N) is 1. The Balaban J connectivity index is 1.88. The van der Waals surface area contributed by atoms with Crippen LogP contribution in [-0.2, 0) is 22.6 Å². The number of hydrogen-bond acceptors (Lipinski definition) is 3. The molecule has 1 aromatic carbocycles. The first-order chi connectivity index (χ1) is 11.2. The molecule has 0 saturated carbocycles. The Morgan fingerprint density at radius 2 is 2.09 bits per heavy atom. The average Bonchev–Trinajstić information content (AvgIpc) is 2.56. The van der Waals surface area contributed by atoms with E-state index in [0.717, 1.165) is 6.54 Å². The van der Waals surface area contributed by atoms with E-state index in [0.29, 0.717) is 32.2 Å². The van der Waals surface area contributed by atoms with Crippen LogP contribution >= 0.6 is 0 Å². The highest BCUT2D eigenvalue weighted by molar-refractivity contribution is 5.75. The van der Waals surface area contributed by atoms with E-state index in [9.17, 15) is 4.79 Å². The number of likely N-dealkylation sites (tertiary alicyclic amines) is 1. The van der Waals surface area contributed by atoms with Gasteiger partial charge in [-0.15, -0.1) is 0 Å². The number of carbonyl (C=O) groups excluding carboxylic acids is 1. The van der Waals surface area contributed by atoms with E-state index in [1.807, 2.05) is 13.0 Å². The molecule has 0 spiro atoms. The van der Waals surface area contributed by atoms with Crippen LogP contribution in [0.5, 0.6) is 0 Å². The summed E-state index contributed by atoms with van der Waals surface area (Å²) in [5.41, 5.74) is 2.54. The number of hydrogen-bond donors (Lipinski definition) is 1. The zero-order valence-electron chi connectivity index (χ0n) is 14.5. The lowest BCUT2D eigenvalue weighted by molar-refractivity contribution is -0.122. The van der Waals surface area contributed by atoms with Crippen LogP contribution in [-0.4, -0.2) is 36.6 Å². The summed E-state index contributed by atoms with van der Waals surface area (Å²) in [6.45, 7) is 8.16. The van der Waals surface area contributed by atoms with E-state index in [1.165, 1.54) is 36.9 Å². The highest BCUT2D eigenvalue weighted by Crippen LogP contribution is 2.20. The van der Waals surface area contributed by atoms with Gasteiger partial charge in [0.1, 0.15) is 0 Å². The monoisotopic (exact) mass is 318 g/mol. The maximum absolute atomic E-state index is 11.8. The van der Waals surface area contributed by atoms with Crippen LogP contribution in [0.2, 0.25) is 0 Å². The minimum atomic E-state index is 0.0552. The zero-order valence-corrected chi connectivity index (χ0v) is 14.5. The maximum Gasteiger partial charge on any atom is 0.222 e. The fraction of sp³-hybridized carbons (Fsp3) is 0.632. The molecule has 128 valence electrons. The van der Waals surface area contributed by atoms with Crippen LogP contribution < -0.4 is 5.32 Å². The van der Waals surface area contributed by atoms with Gasteiger partial charge in [-0.25, -0.2) is 0 Å². The first kappa shape index (κ1) is 18.0. The Bertz CT molecular complexity index is 490. The molecule has 1 amide bonds. The van der Waals surface area contributed by atoms with Crippen molar-refractivity contribution in [1.29, 1.82) is 0 Å². The van der Waals surface area contributed by atoms with E-state index >= 15 is 0 Å². The molecular weight excluding hydrogens is 288 g/mol. The SMILES string of the molecule is CCOCCC(=O)NCc1ccccc1CN1CCCCC1C. The van der Waals surface area contributed by atoms with Gasteiger partial charge in [-0.1, -0.05) is 30.7 Å². The van der Waals surface area contributed by atoms with Crippen molar-refractivity contribution in [2.45, 2.75) is 58.7 Å². The van der Waals surface area contributed by atoms with Gasteiger partial charge in [0.25, 0.3) is 0 Å². The molecule has 1 aromatic rings. The topological polar surface area (TPSA) is 41.6 Å². The predicted octanol–water partition coefficient (Wildman–Crippen LogP) is 3.10. The van der Waals surface area contributed by atoms with Crippen molar-refractivity contribution in [3.63, 3.8) is 0 Å². The Morgan fingerprint density at radius 1 is 1.30 bits per heavy atom. The highest BCUT2D eigenvalue weighted by atomic mass is 16.5. The lowest BCUT2D eigenvalue weighted by Gasteiger charge is -2.33. The number of carbonyl (C=O) groups is 1. The molecule has 1 N–H and O–H groups in total. The lowest BCUT2D eigenvalue weighted by Crippen LogP contribution is -2.37. The summed E-state index contributed by atoms with van der Waals surface area (Å²) >= 11 is 0. The molecule has 1 fully saturated rings. The summed E-state index contributed by atoms with van der Waals surface area (Å²) in [5, 5.41) is 3.01. The molecule has 0 aliphatic carbocycles. The standard InChI is InChI=1S/C19H30N2O2/c1-3-23-13-11-19(22)20-14-17-9-4-5-10-18(17)15-21-12-7-6-8-16(21)2/h4-5,9-10,16H,3,6-8,11-15H2,1-2H3,(H,20,22). The number of amides is 1. The molecule has 2 rings (SSSR count). The Kier molecular flexibility index (Phi) is 7.56. The molecule has 1 saturated heterocycles. The van der Waals surface area contributed by atoms with Crippen molar-refractivity contribution >= 4 is 5.91 Å². The lowest BCUT2D eigenvalue weighted by atomic mass is 10.0. The average molecular weight is 318 g/mol. The summed E-state index contributed by atoms with van der Waals surface area (Å²) in [4.78, 5) is 14.4. The molecule has 1 aliphatic heterocycles. The summed E-state index contributed by atoms with van der Waals surface area (Å²) in [5.74, 6) is 0.0552. The predicted molar refractivity (Wildman–Crippen MR) is 93.1 cm³/mol. The van der Waals surface area contributed by atoms with E-state index in [2.05, 4.69) is 35.3 Å². The van der Waals surface area contributed by atoms with Crippen LogP contribution in [0.1, 0.15) is 50.7 Å².